The van der Waals surface area contributed by atoms with Gasteiger partial charge in [-0.2, -0.15) is 0 Å². The van der Waals surface area contributed by atoms with Crippen LogP contribution in [0.25, 0.3) is 0 Å². The Kier molecular flexibility index (Phi) is 3.16. The zero-order valence-corrected chi connectivity index (χ0v) is 6.89. The Morgan fingerprint density at radius 2 is 2.40 bits per heavy atom. The van der Waals surface area contributed by atoms with Crippen LogP contribution < -0.4 is 5.32 Å². The maximum absolute atomic E-state index is 5.70. The molecule has 1 fully saturated rings. The molecule has 0 aliphatic carbocycles. The number of hydrogen-bond acceptors (Lipinski definition) is 2. The highest BCUT2D eigenvalue weighted by Crippen LogP contribution is 2.07. The Morgan fingerprint density at radius 1 is 1.60 bits per heavy atom. The molecule has 2 unspecified atom stereocenters. The van der Waals surface area contributed by atoms with E-state index in [9.17, 15) is 0 Å². The lowest BCUT2D eigenvalue weighted by molar-refractivity contribution is 0.00777. The van der Waals surface area contributed by atoms with Gasteiger partial charge in [-0.1, -0.05) is 6.92 Å². The van der Waals surface area contributed by atoms with Crippen LogP contribution in [-0.2, 0) is 4.74 Å². The SMILES string of the molecule is CCC1CNCCC(C)O1. The Balaban J connectivity index is 2.30. The summed E-state index contributed by atoms with van der Waals surface area (Å²) in [6.07, 6.45) is 3.16. The number of ether oxygens (including phenoxy) is 1. The van der Waals surface area contributed by atoms with E-state index in [4.69, 9.17) is 4.74 Å². The number of rotatable bonds is 1. The summed E-state index contributed by atoms with van der Waals surface area (Å²) in [5.41, 5.74) is 0. The smallest absolute Gasteiger partial charge is 0.0700 e. The lowest BCUT2D eigenvalue weighted by atomic mass is 10.3. The van der Waals surface area contributed by atoms with Crippen molar-refractivity contribution in [2.75, 3.05) is 13.1 Å². The lowest BCUT2D eigenvalue weighted by Crippen LogP contribution is -2.25. The molecule has 0 aromatic carbocycles. The zero-order valence-electron chi connectivity index (χ0n) is 6.89. The summed E-state index contributed by atoms with van der Waals surface area (Å²) in [6, 6.07) is 0. The summed E-state index contributed by atoms with van der Waals surface area (Å²) in [6.45, 7) is 6.46. The molecule has 1 aliphatic rings. The first-order valence-electron chi connectivity index (χ1n) is 4.19. The molecule has 1 rings (SSSR count). The van der Waals surface area contributed by atoms with Crippen molar-refractivity contribution in [1.82, 2.24) is 5.32 Å². The van der Waals surface area contributed by atoms with Crippen molar-refractivity contribution in [3.8, 4) is 0 Å². The second-order valence-electron chi connectivity index (χ2n) is 2.97. The third-order valence-electron chi connectivity index (χ3n) is 1.98. The van der Waals surface area contributed by atoms with Gasteiger partial charge >= 0.3 is 0 Å². The van der Waals surface area contributed by atoms with E-state index in [1.165, 1.54) is 0 Å². The summed E-state index contributed by atoms with van der Waals surface area (Å²) >= 11 is 0. The molecule has 2 nitrogen and oxygen atoms in total. The number of hydrogen-bond donors (Lipinski definition) is 1. The first kappa shape index (κ1) is 8.02. The monoisotopic (exact) mass is 143 g/mol. The van der Waals surface area contributed by atoms with Gasteiger partial charge in [-0.05, 0) is 26.3 Å². The number of nitrogens with one attached hydrogen (secondary N) is 1. The van der Waals surface area contributed by atoms with Crippen LogP contribution in [-0.4, -0.2) is 25.3 Å². The summed E-state index contributed by atoms with van der Waals surface area (Å²) in [5, 5.41) is 3.35. The highest BCUT2D eigenvalue weighted by Gasteiger charge is 2.14. The third kappa shape index (κ3) is 2.27. The summed E-state index contributed by atoms with van der Waals surface area (Å²) < 4.78 is 5.70. The minimum absolute atomic E-state index is 0.442. The molecular formula is C8H17NO. The van der Waals surface area contributed by atoms with E-state index in [0.29, 0.717) is 12.2 Å². The van der Waals surface area contributed by atoms with Gasteiger partial charge in [0.2, 0.25) is 0 Å². The normalized spacial score (nSPS) is 35.4. The van der Waals surface area contributed by atoms with E-state index < -0.39 is 0 Å². The largest absolute Gasteiger partial charge is 0.374 e. The van der Waals surface area contributed by atoms with Crippen LogP contribution in [0.15, 0.2) is 0 Å². The van der Waals surface area contributed by atoms with Crippen LogP contribution in [0.4, 0.5) is 0 Å². The maximum Gasteiger partial charge on any atom is 0.0700 e. The molecule has 0 radical (unpaired) electrons. The predicted molar refractivity (Wildman–Crippen MR) is 42.1 cm³/mol. The van der Waals surface area contributed by atoms with Crippen LogP contribution >= 0.6 is 0 Å². The van der Waals surface area contributed by atoms with Crippen molar-refractivity contribution in [2.24, 2.45) is 0 Å². The lowest BCUT2D eigenvalue weighted by Gasteiger charge is -2.15. The van der Waals surface area contributed by atoms with Crippen molar-refractivity contribution < 1.29 is 4.74 Å². The van der Waals surface area contributed by atoms with Crippen molar-refractivity contribution in [2.45, 2.75) is 38.9 Å². The fourth-order valence-electron chi connectivity index (χ4n) is 1.25. The maximum atomic E-state index is 5.70. The highest BCUT2D eigenvalue weighted by molar-refractivity contribution is 4.67. The fraction of sp³-hybridized carbons (Fsp3) is 1.00. The molecule has 60 valence electrons. The predicted octanol–water partition coefficient (Wildman–Crippen LogP) is 1.16. The molecule has 1 heterocycles. The van der Waals surface area contributed by atoms with Crippen LogP contribution in [0.3, 0.4) is 0 Å². The minimum atomic E-state index is 0.442. The van der Waals surface area contributed by atoms with Gasteiger partial charge in [0, 0.05) is 6.54 Å². The molecule has 0 aromatic heterocycles. The highest BCUT2D eigenvalue weighted by atomic mass is 16.5. The minimum Gasteiger partial charge on any atom is -0.374 e. The Bertz CT molecular complexity index is 95.3. The molecule has 1 saturated heterocycles. The topological polar surface area (TPSA) is 21.3 Å². The molecule has 0 bridgehead atoms. The Morgan fingerprint density at radius 3 is 3.10 bits per heavy atom. The van der Waals surface area contributed by atoms with Gasteiger partial charge in [-0.3, -0.25) is 0 Å². The van der Waals surface area contributed by atoms with E-state index in [1.807, 2.05) is 0 Å². The van der Waals surface area contributed by atoms with Crippen molar-refractivity contribution in [3.63, 3.8) is 0 Å². The molecule has 1 aliphatic heterocycles. The van der Waals surface area contributed by atoms with Gasteiger partial charge in [0.15, 0.2) is 0 Å². The quantitative estimate of drug-likeness (QED) is 0.595. The molecular weight excluding hydrogens is 126 g/mol. The van der Waals surface area contributed by atoms with Crippen LogP contribution in [0.5, 0.6) is 0 Å². The van der Waals surface area contributed by atoms with E-state index in [-0.39, 0.29) is 0 Å². The molecule has 0 spiro atoms. The van der Waals surface area contributed by atoms with Crippen molar-refractivity contribution in [3.05, 3.63) is 0 Å². The van der Waals surface area contributed by atoms with Crippen molar-refractivity contribution in [1.29, 1.82) is 0 Å². The Labute approximate surface area is 63.0 Å². The van der Waals surface area contributed by atoms with Gasteiger partial charge in [0.05, 0.1) is 12.2 Å². The van der Waals surface area contributed by atoms with E-state index in [1.54, 1.807) is 0 Å². The average molecular weight is 143 g/mol. The standard InChI is InChI=1S/C8H17NO/c1-3-8-6-9-5-4-7(2)10-8/h7-9H,3-6H2,1-2H3. The van der Waals surface area contributed by atoms with Crippen molar-refractivity contribution >= 4 is 0 Å². The van der Waals surface area contributed by atoms with Gasteiger partial charge < -0.3 is 10.1 Å². The van der Waals surface area contributed by atoms with Gasteiger partial charge in [0.1, 0.15) is 0 Å². The zero-order chi connectivity index (χ0) is 7.40. The second kappa shape index (κ2) is 3.94. The molecule has 2 atom stereocenters. The third-order valence-corrected chi connectivity index (χ3v) is 1.98. The molecule has 10 heavy (non-hydrogen) atoms. The van der Waals surface area contributed by atoms with Gasteiger partial charge in [0.25, 0.3) is 0 Å². The molecule has 2 heteroatoms. The van der Waals surface area contributed by atoms with Crippen LogP contribution in [0.2, 0.25) is 0 Å². The first-order valence-corrected chi connectivity index (χ1v) is 4.19. The van der Waals surface area contributed by atoms with Crippen LogP contribution in [0.1, 0.15) is 26.7 Å². The van der Waals surface area contributed by atoms with Gasteiger partial charge in [-0.15, -0.1) is 0 Å². The van der Waals surface area contributed by atoms with E-state index in [2.05, 4.69) is 19.2 Å². The second-order valence-corrected chi connectivity index (χ2v) is 2.97. The summed E-state index contributed by atoms with van der Waals surface area (Å²) in [7, 11) is 0. The van der Waals surface area contributed by atoms with Crippen LogP contribution in [0, 0.1) is 0 Å². The molecule has 0 saturated carbocycles. The fourth-order valence-corrected chi connectivity index (χ4v) is 1.25. The van der Waals surface area contributed by atoms with Gasteiger partial charge in [-0.25, -0.2) is 0 Å². The summed E-state index contributed by atoms with van der Waals surface area (Å²) in [4.78, 5) is 0. The van der Waals surface area contributed by atoms with E-state index in [0.717, 1.165) is 25.9 Å². The molecule has 0 aromatic rings. The first-order chi connectivity index (χ1) is 4.83. The Hall–Kier alpha value is -0.0800. The molecule has 0 amide bonds. The summed E-state index contributed by atoms with van der Waals surface area (Å²) in [5.74, 6) is 0. The average Bonchev–Trinajstić information content (AvgIpc) is 2.13. The molecule has 1 N–H and O–H groups in total. The van der Waals surface area contributed by atoms with E-state index >= 15 is 0 Å².